The summed E-state index contributed by atoms with van der Waals surface area (Å²) in [6.07, 6.45) is 3.06. The molecule has 0 unspecified atom stereocenters. The number of rotatable bonds is 7. The summed E-state index contributed by atoms with van der Waals surface area (Å²) in [5.74, 6) is 1.96. The zero-order chi connectivity index (χ0) is 18.4. The zero-order valence-corrected chi connectivity index (χ0v) is 15.4. The van der Waals surface area contributed by atoms with Gasteiger partial charge >= 0.3 is 0 Å². The fraction of sp³-hybridized carbons (Fsp3) is 0.333. The molecule has 0 atom stereocenters. The van der Waals surface area contributed by atoms with Gasteiger partial charge < -0.3 is 19.2 Å². The monoisotopic (exact) mass is 364 g/mol. The summed E-state index contributed by atoms with van der Waals surface area (Å²) < 4.78 is 16.2. The molecule has 7 heteroatoms. The minimum Gasteiger partial charge on any atom is -0.493 e. The second-order valence-electron chi connectivity index (χ2n) is 5.27. The van der Waals surface area contributed by atoms with Crippen LogP contribution in [0.15, 0.2) is 22.6 Å². The smallest absolute Gasteiger partial charge is 0.244 e. The number of nitrogens with one attached hydrogen (secondary N) is 1. The number of carbonyl (C=O) groups is 1. The maximum atomic E-state index is 11.9. The van der Waals surface area contributed by atoms with Gasteiger partial charge in [-0.2, -0.15) is 0 Å². The van der Waals surface area contributed by atoms with Gasteiger partial charge in [0.25, 0.3) is 0 Å². The third kappa shape index (κ3) is 5.00. The molecule has 1 heterocycles. The van der Waals surface area contributed by atoms with E-state index < -0.39 is 0 Å². The molecular weight excluding hydrogens is 344 g/mol. The lowest BCUT2D eigenvalue weighted by Crippen LogP contribution is -2.20. The average Bonchev–Trinajstić information content (AvgIpc) is 2.91. The Hall–Kier alpha value is -2.47. The normalized spacial score (nSPS) is 10.9. The van der Waals surface area contributed by atoms with Crippen molar-refractivity contribution in [3.8, 4) is 11.5 Å². The Kier molecular flexibility index (Phi) is 6.47. The van der Waals surface area contributed by atoms with Crippen molar-refractivity contribution in [2.24, 2.45) is 0 Å². The lowest BCUT2D eigenvalue weighted by molar-refractivity contribution is -0.116. The molecular formula is C18H21ClN2O4. The van der Waals surface area contributed by atoms with E-state index in [1.54, 1.807) is 18.2 Å². The molecule has 1 N–H and O–H groups in total. The molecule has 0 bridgehead atoms. The molecule has 0 saturated carbocycles. The second kappa shape index (κ2) is 8.58. The van der Waals surface area contributed by atoms with Gasteiger partial charge in [-0.25, -0.2) is 4.98 Å². The number of oxazole rings is 1. The van der Waals surface area contributed by atoms with E-state index in [9.17, 15) is 4.79 Å². The topological polar surface area (TPSA) is 73.6 Å². The number of aromatic nitrogens is 1. The SMILES string of the molecule is CCOc1c(Cl)cc(C=CC(=O)NCc2nc(C)c(C)o2)cc1OC. The van der Waals surface area contributed by atoms with Crippen LogP contribution in [0, 0.1) is 13.8 Å². The fourth-order valence-electron chi connectivity index (χ4n) is 2.13. The molecule has 25 heavy (non-hydrogen) atoms. The number of ether oxygens (including phenoxy) is 2. The molecule has 2 rings (SSSR count). The first-order valence-corrected chi connectivity index (χ1v) is 8.21. The molecule has 1 aromatic carbocycles. The van der Waals surface area contributed by atoms with Crippen LogP contribution >= 0.6 is 11.6 Å². The van der Waals surface area contributed by atoms with Gasteiger partial charge in [-0.3, -0.25) is 4.79 Å². The summed E-state index contributed by atoms with van der Waals surface area (Å²) in [6, 6.07) is 3.46. The van der Waals surface area contributed by atoms with Crippen molar-refractivity contribution < 1.29 is 18.7 Å². The number of aryl methyl sites for hydroxylation is 2. The summed E-state index contributed by atoms with van der Waals surface area (Å²) >= 11 is 6.21. The highest BCUT2D eigenvalue weighted by Crippen LogP contribution is 2.36. The van der Waals surface area contributed by atoms with Gasteiger partial charge in [0.2, 0.25) is 11.8 Å². The van der Waals surface area contributed by atoms with Gasteiger partial charge in [0.1, 0.15) is 5.76 Å². The number of hydrogen-bond acceptors (Lipinski definition) is 5. The van der Waals surface area contributed by atoms with Crippen molar-refractivity contribution >= 4 is 23.6 Å². The number of carbonyl (C=O) groups excluding carboxylic acids is 1. The molecule has 0 aliphatic carbocycles. The lowest BCUT2D eigenvalue weighted by atomic mass is 10.2. The zero-order valence-electron chi connectivity index (χ0n) is 14.7. The van der Waals surface area contributed by atoms with Gasteiger partial charge in [-0.05, 0) is 44.5 Å². The van der Waals surface area contributed by atoms with Crippen LogP contribution in [-0.4, -0.2) is 24.6 Å². The van der Waals surface area contributed by atoms with Crippen LogP contribution in [0.1, 0.15) is 29.8 Å². The van der Waals surface area contributed by atoms with Gasteiger partial charge in [0.05, 0.1) is 31.0 Å². The van der Waals surface area contributed by atoms with Gasteiger partial charge in [-0.1, -0.05) is 11.6 Å². The summed E-state index contributed by atoms with van der Waals surface area (Å²) in [7, 11) is 1.54. The summed E-state index contributed by atoms with van der Waals surface area (Å²) in [5.41, 5.74) is 1.54. The number of nitrogens with zero attached hydrogens (tertiary/aromatic N) is 1. The van der Waals surface area contributed by atoms with Crippen LogP contribution in [0.4, 0.5) is 0 Å². The molecule has 134 valence electrons. The van der Waals surface area contributed by atoms with Crippen molar-refractivity contribution in [2.75, 3.05) is 13.7 Å². The highest BCUT2D eigenvalue weighted by molar-refractivity contribution is 6.32. The van der Waals surface area contributed by atoms with E-state index in [-0.39, 0.29) is 12.5 Å². The molecule has 6 nitrogen and oxygen atoms in total. The minimum absolute atomic E-state index is 0.227. The van der Waals surface area contributed by atoms with Gasteiger partial charge in [0, 0.05) is 6.08 Å². The lowest BCUT2D eigenvalue weighted by Gasteiger charge is -2.11. The predicted octanol–water partition coefficient (Wildman–Crippen LogP) is 3.68. The molecule has 0 aliphatic rings. The number of benzene rings is 1. The third-order valence-electron chi connectivity index (χ3n) is 3.45. The Morgan fingerprint density at radius 3 is 2.76 bits per heavy atom. The molecule has 1 aromatic heterocycles. The first-order valence-electron chi connectivity index (χ1n) is 7.83. The quantitative estimate of drug-likeness (QED) is 0.758. The molecule has 1 amide bonds. The van der Waals surface area contributed by atoms with Crippen LogP contribution in [-0.2, 0) is 11.3 Å². The molecule has 0 fully saturated rings. The molecule has 0 spiro atoms. The van der Waals surface area contributed by atoms with Crippen LogP contribution in [0.3, 0.4) is 0 Å². The van der Waals surface area contributed by atoms with E-state index in [0.29, 0.717) is 29.0 Å². The first kappa shape index (κ1) is 18.9. The Labute approximate surface area is 151 Å². The number of hydrogen-bond donors (Lipinski definition) is 1. The van der Waals surface area contributed by atoms with E-state index in [1.807, 2.05) is 20.8 Å². The van der Waals surface area contributed by atoms with E-state index >= 15 is 0 Å². The maximum absolute atomic E-state index is 11.9. The van der Waals surface area contributed by atoms with E-state index in [2.05, 4.69) is 10.3 Å². The molecule has 0 aliphatic heterocycles. The molecule has 2 aromatic rings. The van der Waals surface area contributed by atoms with Crippen molar-refractivity contribution in [2.45, 2.75) is 27.3 Å². The summed E-state index contributed by atoms with van der Waals surface area (Å²) in [4.78, 5) is 16.1. The van der Waals surface area contributed by atoms with Crippen LogP contribution in [0.2, 0.25) is 5.02 Å². The molecule has 0 radical (unpaired) electrons. The Balaban J connectivity index is 2.02. The number of halogens is 1. The highest BCUT2D eigenvalue weighted by Gasteiger charge is 2.11. The minimum atomic E-state index is -0.266. The number of amides is 1. The standard InChI is InChI=1S/C18H21ClN2O4/c1-5-24-18-14(19)8-13(9-15(18)23-4)6-7-16(22)20-10-17-21-11(2)12(3)25-17/h6-9H,5,10H2,1-4H3,(H,20,22). The number of methoxy groups -OCH3 is 1. The molecule has 0 saturated heterocycles. The Bertz CT molecular complexity index is 764. The van der Waals surface area contributed by atoms with Crippen molar-refractivity contribution in [1.82, 2.24) is 10.3 Å². The van der Waals surface area contributed by atoms with Crippen molar-refractivity contribution in [1.29, 1.82) is 0 Å². The average molecular weight is 365 g/mol. The Morgan fingerprint density at radius 1 is 1.40 bits per heavy atom. The largest absolute Gasteiger partial charge is 0.493 e. The van der Waals surface area contributed by atoms with Gasteiger partial charge in [-0.15, -0.1) is 0 Å². The highest BCUT2D eigenvalue weighted by atomic mass is 35.5. The van der Waals surface area contributed by atoms with E-state index in [0.717, 1.165) is 17.0 Å². The third-order valence-corrected chi connectivity index (χ3v) is 3.74. The summed E-state index contributed by atoms with van der Waals surface area (Å²) in [6.45, 7) is 6.26. The van der Waals surface area contributed by atoms with Crippen LogP contribution in [0.25, 0.3) is 6.08 Å². The second-order valence-corrected chi connectivity index (χ2v) is 5.67. The van der Waals surface area contributed by atoms with Crippen molar-refractivity contribution in [3.63, 3.8) is 0 Å². The fourth-order valence-corrected chi connectivity index (χ4v) is 2.40. The maximum Gasteiger partial charge on any atom is 0.244 e. The first-order chi connectivity index (χ1) is 11.9. The van der Waals surface area contributed by atoms with E-state index in [4.69, 9.17) is 25.5 Å². The van der Waals surface area contributed by atoms with Crippen LogP contribution < -0.4 is 14.8 Å². The van der Waals surface area contributed by atoms with Gasteiger partial charge in [0.15, 0.2) is 11.5 Å². The Morgan fingerprint density at radius 2 is 2.16 bits per heavy atom. The predicted molar refractivity (Wildman–Crippen MR) is 96.0 cm³/mol. The van der Waals surface area contributed by atoms with E-state index in [1.165, 1.54) is 13.2 Å². The van der Waals surface area contributed by atoms with Crippen LogP contribution in [0.5, 0.6) is 11.5 Å². The van der Waals surface area contributed by atoms with Crippen molar-refractivity contribution in [3.05, 3.63) is 46.1 Å². The summed E-state index contributed by atoms with van der Waals surface area (Å²) in [5, 5.41) is 3.14.